The van der Waals surface area contributed by atoms with Gasteiger partial charge in [-0.05, 0) is 62.2 Å². The van der Waals surface area contributed by atoms with Gasteiger partial charge in [-0.1, -0.05) is 26.1 Å². The molecule has 5 rings (SSSR count). The number of nitrogens with one attached hydrogen (secondary N) is 4. The van der Waals surface area contributed by atoms with Crippen LogP contribution >= 0.6 is 0 Å². The fraction of sp³-hybridized carbons (Fsp3) is 0.296. The molecular weight excluding hydrogens is 426 g/mol. The summed E-state index contributed by atoms with van der Waals surface area (Å²) in [5.41, 5.74) is 6.88. The smallest absolute Gasteiger partial charge is 0.253 e. The lowest BCUT2D eigenvalue weighted by Crippen LogP contribution is -2.54. The summed E-state index contributed by atoms with van der Waals surface area (Å²) in [4.78, 5) is 32.5. The predicted molar refractivity (Wildman–Crippen MR) is 136 cm³/mol. The molecule has 7 heteroatoms. The van der Waals surface area contributed by atoms with Gasteiger partial charge < -0.3 is 20.9 Å². The number of amides is 2. The normalized spacial score (nSPS) is 19.0. The average Bonchev–Trinajstić information content (AvgIpc) is 3.31. The van der Waals surface area contributed by atoms with E-state index < -0.39 is 0 Å². The van der Waals surface area contributed by atoms with E-state index in [0.29, 0.717) is 6.54 Å². The lowest BCUT2D eigenvalue weighted by Gasteiger charge is -2.40. The largest absolute Gasteiger partial charge is 0.357 e. The quantitative estimate of drug-likeness (QED) is 0.442. The summed E-state index contributed by atoms with van der Waals surface area (Å²) in [6.07, 6.45) is 5.14. The van der Waals surface area contributed by atoms with Crippen molar-refractivity contribution in [3.8, 4) is 22.5 Å². The van der Waals surface area contributed by atoms with E-state index in [1.807, 2.05) is 43.3 Å². The maximum atomic E-state index is 12.6. The van der Waals surface area contributed by atoms with Crippen LogP contribution in [-0.2, 0) is 10.2 Å². The van der Waals surface area contributed by atoms with Gasteiger partial charge in [-0.25, -0.2) is 0 Å². The van der Waals surface area contributed by atoms with E-state index in [2.05, 4.69) is 32.5 Å². The molecule has 7 nitrogen and oxygen atoms in total. The zero-order valence-electron chi connectivity index (χ0n) is 18.6. The van der Waals surface area contributed by atoms with Gasteiger partial charge in [0.25, 0.3) is 5.91 Å². The fourth-order valence-electron chi connectivity index (χ4n) is 4.83. The van der Waals surface area contributed by atoms with Crippen LogP contribution in [0.25, 0.3) is 22.5 Å². The minimum Gasteiger partial charge on any atom is -0.357 e. The first-order chi connectivity index (χ1) is 16.0. The maximum absolute atomic E-state index is 12.6. The van der Waals surface area contributed by atoms with Crippen molar-refractivity contribution in [2.45, 2.75) is 32.6 Å². The molecule has 0 bridgehead atoms. The van der Waals surface area contributed by atoms with E-state index in [1.54, 1.807) is 6.20 Å². The number of anilines is 1. The van der Waals surface area contributed by atoms with Crippen LogP contribution in [0.3, 0.4) is 0 Å². The molecule has 1 spiro atoms. The zero-order chi connectivity index (χ0) is 23.0. The summed E-state index contributed by atoms with van der Waals surface area (Å²) in [5, 5.41) is 9.42. The second kappa shape index (κ2) is 9.27. The highest BCUT2D eigenvalue weighted by Crippen LogP contribution is 2.38. The SMILES string of the molecule is C.C=CC(=O)Nc1cc(-c2cc(-c3cc4c([nH]3)C3(CCCNC3)CNC4=O)ccn2)ccc1C. The summed E-state index contributed by atoms with van der Waals surface area (Å²) >= 11 is 0. The number of benzene rings is 1. The van der Waals surface area contributed by atoms with Crippen molar-refractivity contribution in [1.29, 1.82) is 0 Å². The maximum Gasteiger partial charge on any atom is 0.253 e. The van der Waals surface area contributed by atoms with Crippen LogP contribution in [0.2, 0.25) is 0 Å². The first-order valence-electron chi connectivity index (χ1n) is 11.2. The highest BCUT2D eigenvalue weighted by atomic mass is 16.2. The molecule has 0 saturated carbocycles. The third kappa shape index (κ3) is 4.15. The van der Waals surface area contributed by atoms with Crippen molar-refractivity contribution in [1.82, 2.24) is 20.6 Å². The Hall–Kier alpha value is -3.71. The molecule has 1 unspecified atom stereocenters. The predicted octanol–water partition coefficient (Wildman–Crippen LogP) is 4.18. The van der Waals surface area contributed by atoms with Gasteiger partial charge in [0.05, 0.1) is 11.3 Å². The zero-order valence-corrected chi connectivity index (χ0v) is 18.6. The van der Waals surface area contributed by atoms with E-state index in [0.717, 1.165) is 71.0 Å². The van der Waals surface area contributed by atoms with E-state index in [9.17, 15) is 9.59 Å². The molecule has 2 aliphatic rings. The Morgan fingerprint density at radius 2 is 2.03 bits per heavy atom. The summed E-state index contributed by atoms with van der Waals surface area (Å²) in [6.45, 7) is 7.97. The number of pyridine rings is 1. The molecule has 2 aliphatic heterocycles. The Balaban J connectivity index is 0.00000274. The number of piperidine rings is 1. The highest BCUT2D eigenvalue weighted by molar-refractivity contribution is 6.00. The van der Waals surface area contributed by atoms with Crippen LogP contribution in [0.4, 0.5) is 5.69 Å². The Labute approximate surface area is 200 Å². The summed E-state index contributed by atoms with van der Waals surface area (Å²) in [6, 6.07) is 11.8. The lowest BCUT2D eigenvalue weighted by molar-refractivity contribution is -0.111. The van der Waals surface area contributed by atoms with Crippen molar-refractivity contribution < 1.29 is 9.59 Å². The Morgan fingerprint density at radius 3 is 2.79 bits per heavy atom. The van der Waals surface area contributed by atoms with Crippen molar-refractivity contribution in [3.63, 3.8) is 0 Å². The number of nitrogens with zero attached hydrogens (tertiary/aromatic N) is 1. The average molecular weight is 458 g/mol. The molecule has 176 valence electrons. The molecule has 3 aromatic rings. The topological polar surface area (TPSA) is 98.9 Å². The number of carbonyl (C=O) groups excluding carboxylic acids is 2. The first-order valence-corrected chi connectivity index (χ1v) is 11.2. The second-order valence-corrected chi connectivity index (χ2v) is 8.87. The minimum atomic E-state index is -0.252. The van der Waals surface area contributed by atoms with E-state index in [4.69, 9.17) is 0 Å². The summed E-state index contributed by atoms with van der Waals surface area (Å²) in [7, 11) is 0. The highest BCUT2D eigenvalue weighted by Gasteiger charge is 2.42. The number of hydrogen-bond donors (Lipinski definition) is 4. The number of fused-ring (bicyclic) bond motifs is 2. The number of aromatic nitrogens is 2. The Morgan fingerprint density at radius 1 is 1.18 bits per heavy atom. The molecular formula is C27H31N5O2. The van der Waals surface area contributed by atoms with Crippen molar-refractivity contribution >= 4 is 17.5 Å². The van der Waals surface area contributed by atoms with Crippen molar-refractivity contribution in [2.24, 2.45) is 0 Å². The Bertz CT molecular complexity index is 1250. The van der Waals surface area contributed by atoms with Gasteiger partial charge in [0.1, 0.15) is 0 Å². The number of H-pyrrole nitrogens is 1. The minimum absolute atomic E-state index is 0. The summed E-state index contributed by atoms with van der Waals surface area (Å²) < 4.78 is 0. The van der Waals surface area contributed by atoms with Crippen molar-refractivity contribution in [3.05, 3.63) is 72.1 Å². The van der Waals surface area contributed by atoms with E-state index >= 15 is 0 Å². The molecule has 1 saturated heterocycles. The van der Waals surface area contributed by atoms with Crippen molar-refractivity contribution in [2.75, 3.05) is 25.0 Å². The molecule has 2 aromatic heterocycles. The Kier molecular flexibility index (Phi) is 6.39. The molecule has 4 heterocycles. The molecule has 34 heavy (non-hydrogen) atoms. The van der Waals surface area contributed by atoms with E-state index in [-0.39, 0.29) is 24.7 Å². The second-order valence-electron chi connectivity index (χ2n) is 8.87. The number of aromatic amines is 1. The molecule has 0 radical (unpaired) electrons. The van der Waals surface area contributed by atoms with Crippen LogP contribution in [0.15, 0.2) is 55.3 Å². The van der Waals surface area contributed by atoms with Gasteiger partial charge in [-0.2, -0.15) is 0 Å². The molecule has 1 atom stereocenters. The van der Waals surface area contributed by atoms with Gasteiger partial charge in [0.2, 0.25) is 5.91 Å². The third-order valence-electron chi connectivity index (χ3n) is 6.70. The number of rotatable bonds is 4. The van der Waals surface area contributed by atoms with E-state index in [1.165, 1.54) is 6.08 Å². The van der Waals surface area contributed by atoms with Gasteiger partial charge in [0.15, 0.2) is 0 Å². The first kappa shape index (κ1) is 23.4. The van der Waals surface area contributed by atoms with Crippen LogP contribution in [0, 0.1) is 6.92 Å². The van der Waals surface area contributed by atoms with Gasteiger partial charge in [-0.15, -0.1) is 0 Å². The fourth-order valence-corrected chi connectivity index (χ4v) is 4.83. The third-order valence-corrected chi connectivity index (χ3v) is 6.70. The number of aryl methyl sites for hydroxylation is 1. The molecule has 1 aromatic carbocycles. The number of carbonyl (C=O) groups is 2. The van der Waals surface area contributed by atoms with Crippen LogP contribution < -0.4 is 16.0 Å². The van der Waals surface area contributed by atoms with Gasteiger partial charge in [0, 0.05) is 52.9 Å². The van der Waals surface area contributed by atoms with Gasteiger partial charge in [-0.3, -0.25) is 14.6 Å². The van der Waals surface area contributed by atoms with Crippen LogP contribution in [-0.4, -0.2) is 41.4 Å². The van der Waals surface area contributed by atoms with Crippen LogP contribution in [0.1, 0.15) is 41.9 Å². The molecule has 1 fully saturated rings. The van der Waals surface area contributed by atoms with Crippen LogP contribution in [0.5, 0.6) is 0 Å². The molecule has 2 amide bonds. The summed E-state index contributed by atoms with van der Waals surface area (Å²) in [5.74, 6) is -0.280. The monoisotopic (exact) mass is 457 g/mol. The number of hydrogen-bond acceptors (Lipinski definition) is 4. The molecule has 4 N–H and O–H groups in total. The lowest BCUT2D eigenvalue weighted by atomic mass is 9.74. The molecule has 0 aliphatic carbocycles. The standard InChI is InChI=1S/C26H27N5O2.CH4/c1-3-23(32)30-20-11-17(6-5-16(20)2)21-12-18(7-10-28-21)22-13-19-24(31-22)26(15-29-25(19)33)8-4-9-27-14-26;/h3,5-7,10-13,27,31H,1,4,8-9,14-15H2,2H3,(H,29,33)(H,30,32);1H4. The van der Waals surface area contributed by atoms with Gasteiger partial charge >= 0.3 is 0 Å².